The van der Waals surface area contributed by atoms with Gasteiger partial charge in [-0.2, -0.15) is 0 Å². The van der Waals surface area contributed by atoms with Crippen molar-refractivity contribution in [1.29, 1.82) is 0 Å². The summed E-state index contributed by atoms with van der Waals surface area (Å²) >= 11 is 0. The minimum atomic E-state index is 0. The van der Waals surface area contributed by atoms with Crippen LogP contribution in [0, 0.1) is 0 Å². The Hall–Kier alpha value is 9.80. The Kier molecular flexibility index (Phi) is 286. The summed E-state index contributed by atoms with van der Waals surface area (Å²) in [6, 6.07) is 0. The first-order chi connectivity index (χ1) is 0. The molecule has 0 bridgehead atoms. The van der Waals surface area contributed by atoms with Crippen molar-refractivity contribution < 1.29 is 0 Å². The van der Waals surface area contributed by atoms with Gasteiger partial charge in [0.1, 0.15) is 0 Å². The van der Waals surface area contributed by atoms with Crippen LogP contribution in [-0.4, -0.2) is 299 Å². The molecule has 0 aromatic carbocycles. The molecular formula is H6Sn3Sr5. The van der Waals surface area contributed by atoms with Crippen LogP contribution in [0.15, 0.2) is 0 Å². The Balaban J connectivity index is 0. The number of rotatable bonds is 0. The third kappa shape index (κ3) is 36.0. The maximum absolute atomic E-state index is 0. The second kappa shape index (κ2) is 43.7. The summed E-state index contributed by atoms with van der Waals surface area (Å²) < 4.78 is 0. The Morgan fingerprint density at radius 2 is 0.250 bits per heavy atom. The molecule has 8 heavy (non-hydrogen) atoms. The molecule has 0 aliphatic rings. The third-order valence-corrected chi connectivity index (χ3v) is 0. The first-order valence-electron chi connectivity index (χ1n) is 0. The summed E-state index contributed by atoms with van der Waals surface area (Å²) in [5, 5.41) is 0. The molecule has 0 unspecified atom stereocenters. The average Bonchev–Trinajstić information content (AvgIpc) is 0. The summed E-state index contributed by atoms with van der Waals surface area (Å²) in [5.74, 6) is 0. The van der Waals surface area contributed by atoms with Crippen LogP contribution in [0.25, 0.3) is 0 Å². The monoisotopic (exact) mass is 805 g/mol. The normalized spacial score (nSPS) is 0. The molecular weight excluding hydrogens is 794 g/mol. The molecule has 8 heteroatoms. The first kappa shape index (κ1) is 52.3. The zero-order chi connectivity index (χ0) is 0. The van der Waals surface area contributed by atoms with Crippen LogP contribution in [0.2, 0.25) is 0 Å². The molecule has 0 aliphatic heterocycles. The van der Waals surface area contributed by atoms with Crippen molar-refractivity contribution in [2.24, 2.45) is 0 Å². The standard InChI is InChI=1S/3Sn.5Sr.6H. The molecule has 0 aromatic heterocycles. The number of hydrogen-bond donors (Lipinski definition) is 0. The van der Waals surface area contributed by atoms with Gasteiger partial charge < -0.3 is 0 Å². The first-order valence-corrected chi connectivity index (χ1v) is 0. The van der Waals surface area contributed by atoms with Gasteiger partial charge in [0.25, 0.3) is 0 Å². The van der Waals surface area contributed by atoms with E-state index in [2.05, 4.69) is 0 Å². The quantitative estimate of drug-likeness (QED) is 0.217. The maximum atomic E-state index is 0. The van der Waals surface area contributed by atoms with Crippen molar-refractivity contribution in [1.82, 2.24) is 0 Å². The molecule has 0 aliphatic carbocycles. The summed E-state index contributed by atoms with van der Waals surface area (Å²) in [6.07, 6.45) is 0. The molecule has 0 heterocycles. The van der Waals surface area contributed by atoms with E-state index in [1.54, 1.807) is 0 Å². The Bertz CT molecular complexity index is 7.64. The van der Waals surface area contributed by atoms with Crippen molar-refractivity contribution in [2.45, 2.75) is 0 Å². The van der Waals surface area contributed by atoms with Gasteiger partial charge in [0.05, 0.1) is 0 Å². The smallest absolute Gasteiger partial charge is 0 e. The van der Waals surface area contributed by atoms with E-state index in [-0.39, 0.29) is 299 Å². The zero-order valence-electron chi connectivity index (χ0n) is 5.66. The fourth-order valence-corrected chi connectivity index (χ4v) is 0. The van der Waals surface area contributed by atoms with Gasteiger partial charge in [-0.05, 0) is 0 Å². The van der Waals surface area contributed by atoms with E-state index >= 15 is 0 Å². The molecule has 0 saturated heterocycles. The zero-order valence-corrected chi connectivity index (χ0v) is 35.1. The predicted octanol–water partition coefficient (Wildman–Crippen LogP) is -4.65. The second-order valence-corrected chi connectivity index (χ2v) is 0. The second-order valence-electron chi connectivity index (χ2n) is 0. The summed E-state index contributed by atoms with van der Waals surface area (Å²) in [7, 11) is 0. The molecule has 0 amide bonds. The van der Waals surface area contributed by atoms with E-state index in [9.17, 15) is 0 Å². The molecule has 0 fully saturated rings. The van der Waals surface area contributed by atoms with Crippen molar-refractivity contribution in [3.05, 3.63) is 0 Å². The fraction of sp³-hybridized carbons (Fsp3) is 0. The molecule has 0 aromatic rings. The Morgan fingerprint density at radius 3 is 0.250 bits per heavy atom. The van der Waals surface area contributed by atoms with Gasteiger partial charge in [-0.1, -0.05) is 0 Å². The van der Waals surface area contributed by atoms with Crippen molar-refractivity contribution in [2.75, 3.05) is 0 Å². The molecule has 16 radical (unpaired) electrons. The topological polar surface area (TPSA) is 0 Å². The van der Waals surface area contributed by atoms with Crippen LogP contribution in [0.5, 0.6) is 0 Å². The maximum Gasteiger partial charge on any atom is 0 e. The molecule has 0 atom stereocenters. The minimum absolute atomic E-state index is 0. The Labute approximate surface area is 288 Å². The molecule has 0 nitrogen and oxygen atoms in total. The Morgan fingerprint density at radius 1 is 0.250 bits per heavy atom. The van der Waals surface area contributed by atoms with Gasteiger partial charge >= 0.3 is 71.7 Å². The van der Waals surface area contributed by atoms with Crippen LogP contribution >= 0.6 is 0 Å². The van der Waals surface area contributed by atoms with Gasteiger partial charge in [-0.3, -0.25) is 0 Å². The summed E-state index contributed by atoms with van der Waals surface area (Å²) in [6.45, 7) is 0. The van der Waals surface area contributed by atoms with Gasteiger partial charge in [0.2, 0.25) is 0 Å². The molecule has 0 N–H and O–H groups in total. The van der Waals surface area contributed by atoms with Crippen LogP contribution in [0.1, 0.15) is 0 Å². The van der Waals surface area contributed by atoms with E-state index in [4.69, 9.17) is 0 Å². The molecule has 0 spiro atoms. The van der Waals surface area contributed by atoms with E-state index < -0.39 is 0 Å². The molecule has 0 rings (SSSR count). The molecule has 28 valence electrons. The van der Waals surface area contributed by atoms with Gasteiger partial charge in [-0.15, -0.1) is 0 Å². The average molecular weight is 800 g/mol. The van der Waals surface area contributed by atoms with Gasteiger partial charge in [0, 0.05) is 227 Å². The molecule has 0 saturated carbocycles. The van der Waals surface area contributed by atoms with Crippen molar-refractivity contribution in [3.8, 4) is 0 Å². The van der Waals surface area contributed by atoms with Crippen LogP contribution in [0.3, 0.4) is 0 Å². The summed E-state index contributed by atoms with van der Waals surface area (Å²) in [5.41, 5.74) is 0. The van der Waals surface area contributed by atoms with E-state index in [0.717, 1.165) is 0 Å². The minimum Gasteiger partial charge on any atom is 0 e. The van der Waals surface area contributed by atoms with E-state index in [0.29, 0.717) is 0 Å². The van der Waals surface area contributed by atoms with Crippen molar-refractivity contribution in [3.63, 3.8) is 0 Å². The van der Waals surface area contributed by atoms with Gasteiger partial charge in [0.15, 0.2) is 0 Å². The van der Waals surface area contributed by atoms with E-state index in [1.165, 1.54) is 0 Å². The van der Waals surface area contributed by atoms with Crippen LogP contribution < -0.4 is 0 Å². The van der Waals surface area contributed by atoms with E-state index in [1.807, 2.05) is 0 Å². The predicted molar refractivity (Wildman–Crippen MR) is 54.4 cm³/mol. The number of hydrogen-bond acceptors (Lipinski definition) is 0. The van der Waals surface area contributed by atoms with Crippen LogP contribution in [0.4, 0.5) is 0 Å². The largest absolute Gasteiger partial charge is 0 e. The SMILES string of the molecule is [SnH2].[SnH2].[SnH2].[Sr].[Sr].[Sr].[Sr].[Sr]. The van der Waals surface area contributed by atoms with Crippen LogP contribution in [-0.2, 0) is 0 Å². The fourth-order valence-electron chi connectivity index (χ4n) is 0. The summed E-state index contributed by atoms with van der Waals surface area (Å²) in [4.78, 5) is 0. The third-order valence-electron chi connectivity index (χ3n) is 0. The van der Waals surface area contributed by atoms with Crippen molar-refractivity contribution >= 4 is 299 Å². The van der Waals surface area contributed by atoms with Gasteiger partial charge in [-0.25, -0.2) is 0 Å².